The number of carbonyl (C=O) groups excluding carboxylic acids is 1. The zero-order valence-corrected chi connectivity index (χ0v) is 11.3. The van der Waals surface area contributed by atoms with Gasteiger partial charge in [-0.15, -0.1) is 0 Å². The first kappa shape index (κ1) is 15.2. The number of nitrogens with one attached hydrogen (secondary N) is 1. The van der Waals surface area contributed by atoms with Gasteiger partial charge in [-0.05, 0) is 31.0 Å². The second-order valence-electron chi connectivity index (χ2n) is 4.69. The molecule has 2 N–H and O–H groups in total. The van der Waals surface area contributed by atoms with Crippen molar-refractivity contribution in [1.82, 2.24) is 5.32 Å². The molecule has 1 aliphatic rings. The molecule has 7 heteroatoms. The second-order valence-corrected chi connectivity index (χ2v) is 4.69. The molecule has 1 amide bonds. The molecule has 1 fully saturated rings. The highest BCUT2D eigenvalue weighted by Gasteiger charge is 2.17. The van der Waals surface area contributed by atoms with Crippen LogP contribution in [0.3, 0.4) is 0 Å². The third-order valence-electron chi connectivity index (χ3n) is 3.12. The van der Waals surface area contributed by atoms with Crippen LogP contribution in [0.1, 0.15) is 23.2 Å². The Morgan fingerprint density at radius 3 is 2.71 bits per heavy atom. The summed E-state index contributed by atoms with van der Waals surface area (Å²) in [4.78, 5) is 22.3. The van der Waals surface area contributed by atoms with Gasteiger partial charge < -0.3 is 19.9 Å². The standard InChI is InChI=1S/C14H16FNO5/c15-11-7-9(14(18)19)1-2-12(11)21-8-13(17)16-10-3-5-20-6-4-10/h1-2,7,10H,3-6,8H2,(H,16,17)(H,18,19). The molecule has 0 aliphatic carbocycles. The van der Waals surface area contributed by atoms with Gasteiger partial charge in [0.05, 0.1) is 5.56 Å². The zero-order chi connectivity index (χ0) is 15.2. The highest BCUT2D eigenvalue weighted by Crippen LogP contribution is 2.18. The maximum atomic E-state index is 13.6. The molecular formula is C14H16FNO5. The van der Waals surface area contributed by atoms with Crippen LogP contribution in [0, 0.1) is 5.82 Å². The number of rotatable bonds is 5. The van der Waals surface area contributed by atoms with Crippen LogP contribution in [-0.2, 0) is 9.53 Å². The lowest BCUT2D eigenvalue weighted by Gasteiger charge is -2.23. The minimum Gasteiger partial charge on any atom is -0.481 e. The molecule has 21 heavy (non-hydrogen) atoms. The van der Waals surface area contributed by atoms with E-state index >= 15 is 0 Å². The fourth-order valence-electron chi connectivity index (χ4n) is 2.01. The highest BCUT2D eigenvalue weighted by molar-refractivity contribution is 5.87. The first-order valence-corrected chi connectivity index (χ1v) is 6.59. The van der Waals surface area contributed by atoms with Gasteiger partial charge in [-0.2, -0.15) is 0 Å². The molecule has 0 bridgehead atoms. The second kappa shape index (κ2) is 7.03. The van der Waals surface area contributed by atoms with E-state index in [-0.39, 0.29) is 29.9 Å². The minimum absolute atomic E-state index is 0.0501. The van der Waals surface area contributed by atoms with Gasteiger partial charge in [0.15, 0.2) is 18.2 Å². The Hall–Kier alpha value is -2.15. The van der Waals surface area contributed by atoms with E-state index in [2.05, 4.69) is 5.32 Å². The topological polar surface area (TPSA) is 84.9 Å². The minimum atomic E-state index is -1.22. The summed E-state index contributed by atoms with van der Waals surface area (Å²) in [5.74, 6) is -2.53. The zero-order valence-electron chi connectivity index (χ0n) is 11.3. The van der Waals surface area contributed by atoms with Gasteiger partial charge in [0.25, 0.3) is 5.91 Å². The fourth-order valence-corrected chi connectivity index (χ4v) is 2.01. The van der Waals surface area contributed by atoms with Crippen LogP contribution in [0.4, 0.5) is 4.39 Å². The Morgan fingerprint density at radius 2 is 2.10 bits per heavy atom. The van der Waals surface area contributed by atoms with E-state index in [0.717, 1.165) is 18.9 Å². The van der Waals surface area contributed by atoms with Gasteiger partial charge in [-0.1, -0.05) is 0 Å². The first-order valence-electron chi connectivity index (χ1n) is 6.59. The van der Waals surface area contributed by atoms with Crippen molar-refractivity contribution in [2.75, 3.05) is 19.8 Å². The maximum Gasteiger partial charge on any atom is 0.335 e. The molecule has 1 heterocycles. The van der Waals surface area contributed by atoms with Crippen LogP contribution in [0.25, 0.3) is 0 Å². The molecule has 114 valence electrons. The average Bonchev–Trinajstić information content (AvgIpc) is 2.47. The normalized spacial score (nSPS) is 15.5. The number of halogens is 1. The molecule has 0 atom stereocenters. The Labute approximate surface area is 120 Å². The van der Waals surface area contributed by atoms with Gasteiger partial charge >= 0.3 is 5.97 Å². The average molecular weight is 297 g/mol. The number of ether oxygens (including phenoxy) is 2. The SMILES string of the molecule is O=C(COc1ccc(C(=O)O)cc1F)NC1CCOCC1. The Balaban J connectivity index is 1.84. The van der Waals surface area contributed by atoms with Crippen LogP contribution < -0.4 is 10.1 Å². The molecule has 0 saturated carbocycles. The summed E-state index contributed by atoms with van der Waals surface area (Å²) in [6, 6.07) is 3.32. The molecule has 2 rings (SSSR count). The lowest BCUT2D eigenvalue weighted by atomic mass is 10.1. The number of carbonyl (C=O) groups is 2. The molecule has 1 saturated heterocycles. The number of aromatic carboxylic acids is 1. The Kier molecular flexibility index (Phi) is 5.10. The smallest absolute Gasteiger partial charge is 0.335 e. The van der Waals surface area contributed by atoms with E-state index in [1.54, 1.807) is 0 Å². The number of hydrogen-bond acceptors (Lipinski definition) is 4. The summed E-state index contributed by atoms with van der Waals surface area (Å²) in [5, 5.41) is 11.5. The molecule has 0 aromatic heterocycles. The van der Waals surface area contributed by atoms with E-state index in [0.29, 0.717) is 13.2 Å². The predicted octanol–water partition coefficient (Wildman–Crippen LogP) is 1.20. The fraction of sp³-hybridized carbons (Fsp3) is 0.429. The lowest BCUT2D eigenvalue weighted by molar-refractivity contribution is -0.124. The molecule has 0 radical (unpaired) electrons. The number of amides is 1. The third-order valence-corrected chi connectivity index (χ3v) is 3.12. The van der Waals surface area contributed by atoms with Crippen molar-refractivity contribution < 1.29 is 28.6 Å². The first-order chi connectivity index (χ1) is 10.1. The maximum absolute atomic E-state index is 13.6. The van der Waals surface area contributed by atoms with Crippen molar-refractivity contribution >= 4 is 11.9 Å². The summed E-state index contributed by atoms with van der Waals surface area (Å²) in [6.45, 7) is 0.898. The van der Waals surface area contributed by atoms with Crippen molar-refractivity contribution in [2.45, 2.75) is 18.9 Å². The molecule has 1 aromatic carbocycles. The summed E-state index contributed by atoms with van der Waals surface area (Å²) in [6.07, 6.45) is 1.49. The number of hydrogen-bond donors (Lipinski definition) is 2. The van der Waals surface area contributed by atoms with Crippen LogP contribution in [0.2, 0.25) is 0 Å². The van der Waals surface area contributed by atoms with Crippen molar-refractivity contribution in [3.8, 4) is 5.75 Å². The monoisotopic (exact) mass is 297 g/mol. The van der Waals surface area contributed by atoms with Gasteiger partial charge in [0.2, 0.25) is 0 Å². The van der Waals surface area contributed by atoms with Crippen LogP contribution in [0.15, 0.2) is 18.2 Å². The van der Waals surface area contributed by atoms with E-state index in [1.165, 1.54) is 12.1 Å². The molecule has 6 nitrogen and oxygen atoms in total. The van der Waals surface area contributed by atoms with E-state index in [1.807, 2.05) is 0 Å². The summed E-state index contributed by atoms with van der Waals surface area (Å²) < 4.78 is 23.8. The van der Waals surface area contributed by atoms with Gasteiger partial charge in [0.1, 0.15) is 0 Å². The molecule has 1 aliphatic heterocycles. The van der Waals surface area contributed by atoms with Crippen LogP contribution in [0.5, 0.6) is 5.75 Å². The third kappa shape index (κ3) is 4.42. The molecule has 0 unspecified atom stereocenters. The van der Waals surface area contributed by atoms with Crippen LogP contribution >= 0.6 is 0 Å². The van der Waals surface area contributed by atoms with Crippen molar-refractivity contribution in [2.24, 2.45) is 0 Å². The predicted molar refractivity (Wildman–Crippen MR) is 70.8 cm³/mol. The van der Waals surface area contributed by atoms with Crippen molar-refractivity contribution in [1.29, 1.82) is 0 Å². The Bertz CT molecular complexity index is 528. The Morgan fingerprint density at radius 1 is 1.38 bits per heavy atom. The van der Waals surface area contributed by atoms with Gasteiger partial charge in [-0.25, -0.2) is 9.18 Å². The summed E-state index contributed by atoms with van der Waals surface area (Å²) in [5.41, 5.74) is -0.175. The lowest BCUT2D eigenvalue weighted by Crippen LogP contribution is -2.41. The summed E-state index contributed by atoms with van der Waals surface area (Å²) in [7, 11) is 0. The van der Waals surface area contributed by atoms with Crippen molar-refractivity contribution in [3.63, 3.8) is 0 Å². The molecular weight excluding hydrogens is 281 g/mol. The van der Waals surface area contributed by atoms with E-state index < -0.39 is 11.8 Å². The number of carboxylic acid groups (broad SMARTS) is 1. The quantitative estimate of drug-likeness (QED) is 0.853. The van der Waals surface area contributed by atoms with E-state index in [9.17, 15) is 14.0 Å². The van der Waals surface area contributed by atoms with Crippen LogP contribution in [-0.4, -0.2) is 42.8 Å². The van der Waals surface area contributed by atoms with Gasteiger partial charge in [-0.3, -0.25) is 4.79 Å². The number of carboxylic acids is 1. The van der Waals surface area contributed by atoms with Crippen molar-refractivity contribution in [3.05, 3.63) is 29.6 Å². The largest absolute Gasteiger partial charge is 0.481 e. The highest BCUT2D eigenvalue weighted by atomic mass is 19.1. The summed E-state index contributed by atoms with van der Waals surface area (Å²) >= 11 is 0. The number of benzene rings is 1. The molecule has 1 aromatic rings. The van der Waals surface area contributed by atoms with E-state index in [4.69, 9.17) is 14.6 Å². The van der Waals surface area contributed by atoms with Gasteiger partial charge in [0, 0.05) is 19.3 Å². The molecule has 0 spiro atoms.